The van der Waals surface area contributed by atoms with Gasteiger partial charge in [-0.2, -0.15) is 0 Å². The van der Waals surface area contributed by atoms with E-state index in [1.807, 2.05) is 31.2 Å². The second kappa shape index (κ2) is 7.53. The van der Waals surface area contributed by atoms with Crippen molar-refractivity contribution in [2.75, 3.05) is 19.0 Å². The Morgan fingerprint density at radius 2 is 2.04 bits per heavy atom. The number of para-hydroxylation sites is 2. The molecule has 0 saturated heterocycles. The predicted molar refractivity (Wildman–Crippen MR) is 104 cm³/mol. The first-order chi connectivity index (χ1) is 12.1. The van der Waals surface area contributed by atoms with Crippen LogP contribution in [0.2, 0.25) is 0 Å². The molecule has 0 aliphatic carbocycles. The van der Waals surface area contributed by atoms with Crippen LogP contribution in [0.3, 0.4) is 0 Å². The highest BCUT2D eigenvalue weighted by Gasteiger charge is 2.10. The zero-order chi connectivity index (χ0) is 17.8. The average Bonchev–Trinajstić information content (AvgIpc) is 2.90. The molecule has 3 N–H and O–H groups in total. The van der Waals surface area contributed by atoms with Gasteiger partial charge in [-0.05, 0) is 61.5 Å². The molecule has 1 heterocycles. The van der Waals surface area contributed by atoms with E-state index in [4.69, 9.17) is 17.0 Å². The third-order valence-corrected chi connectivity index (χ3v) is 4.34. The van der Waals surface area contributed by atoms with Gasteiger partial charge in [0.05, 0.1) is 12.8 Å². The van der Waals surface area contributed by atoms with Crippen LogP contribution in [-0.4, -0.2) is 23.8 Å². The maximum atomic E-state index is 13.5. The number of halogens is 1. The lowest BCUT2D eigenvalue weighted by atomic mass is 10.1. The Labute approximate surface area is 151 Å². The monoisotopic (exact) mass is 357 g/mol. The van der Waals surface area contributed by atoms with Gasteiger partial charge in [0.2, 0.25) is 0 Å². The van der Waals surface area contributed by atoms with Crippen molar-refractivity contribution in [3.05, 3.63) is 59.5 Å². The first-order valence-corrected chi connectivity index (χ1v) is 8.44. The van der Waals surface area contributed by atoms with Gasteiger partial charge < -0.3 is 20.4 Å². The fourth-order valence-electron chi connectivity index (χ4n) is 2.89. The van der Waals surface area contributed by atoms with Crippen LogP contribution in [0.25, 0.3) is 10.9 Å². The number of aryl methyl sites for hydroxylation is 1. The Kier molecular flexibility index (Phi) is 5.19. The average molecular weight is 357 g/mol. The van der Waals surface area contributed by atoms with Crippen molar-refractivity contribution in [1.29, 1.82) is 0 Å². The van der Waals surface area contributed by atoms with Gasteiger partial charge in [0.15, 0.2) is 5.11 Å². The number of anilines is 1. The van der Waals surface area contributed by atoms with Crippen molar-refractivity contribution in [1.82, 2.24) is 10.3 Å². The summed E-state index contributed by atoms with van der Waals surface area (Å²) in [6.07, 6.45) is 0.739. The Balaban J connectivity index is 1.62. The van der Waals surface area contributed by atoms with Crippen LogP contribution in [0.15, 0.2) is 42.5 Å². The molecule has 0 bridgehead atoms. The lowest BCUT2D eigenvalue weighted by molar-refractivity contribution is 0.417. The first kappa shape index (κ1) is 17.2. The zero-order valence-electron chi connectivity index (χ0n) is 14.2. The normalized spacial score (nSPS) is 10.7. The summed E-state index contributed by atoms with van der Waals surface area (Å²) in [5.41, 5.74) is 3.91. The molecule has 0 unspecified atom stereocenters. The largest absolute Gasteiger partial charge is 0.495 e. The van der Waals surface area contributed by atoms with Crippen molar-refractivity contribution in [2.45, 2.75) is 13.3 Å². The number of hydrogen-bond acceptors (Lipinski definition) is 2. The van der Waals surface area contributed by atoms with E-state index < -0.39 is 0 Å². The van der Waals surface area contributed by atoms with E-state index in [9.17, 15) is 4.39 Å². The van der Waals surface area contributed by atoms with Gasteiger partial charge in [-0.15, -0.1) is 0 Å². The maximum absolute atomic E-state index is 13.5. The number of ether oxygens (including phenoxy) is 1. The van der Waals surface area contributed by atoms with Crippen molar-refractivity contribution in [3.8, 4) is 5.75 Å². The summed E-state index contributed by atoms with van der Waals surface area (Å²) in [6.45, 7) is 2.64. The number of aromatic amines is 1. The Hall–Kier alpha value is -2.60. The third kappa shape index (κ3) is 3.91. The van der Waals surface area contributed by atoms with E-state index in [0.29, 0.717) is 11.7 Å². The van der Waals surface area contributed by atoms with Crippen LogP contribution in [-0.2, 0) is 6.42 Å². The molecule has 6 heteroatoms. The van der Waals surface area contributed by atoms with Crippen molar-refractivity contribution >= 4 is 33.9 Å². The maximum Gasteiger partial charge on any atom is 0.170 e. The molecule has 4 nitrogen and oxygen atoms in total. The number of rotatable bonds is 5. The summed E-state index contributed by atoms with van der Waals surface area (Å²) in [7, 11) is 1.62. The second-order valence-electron chi connectivity index (χ2n) is 5.75. The minimum absolute atomic E-state index is 0.228. The summed E-state index contributed by atoms with van der Waals surface area (Å²) >= 11 is 5.34. The lowest BCUT2D eigenvalue weighted by Crippen LogP contribution is -2.30. The van der Waals surface area contributed by atoms with E-state index in [1.165, 1.54) is 6.07 Å². The molecule has 0 spiro atoms. The van der Waals surface area contributed by atoms with Gasteiger partial charge in [-0.3, -0.25) is 0 Å². The molecular formula is C19H20FN3OS. The van der Waals surface area contributed by atoms with Gasteiger partial charge in [0, 0.05) is 23.1 Å². The SMILES string of the molecule is COc1ccccc1NC(=S)NCCc1c(C)[nH]c2ccc(F)cc12. The smallest absolute Gasteiger partial charge is 0.170 e. The highest BCUT2D eigenvalue weighted by atomic mass is 32.1. The standard InChI is InChI=1S/C19H20FN3OS/c1-12-14(15-11-13(20)7-8-16(15)22-12)9-10-21-19(25)23-17-5-3-4-6-18(17)24-2/h3-8,11,22H,9-10H2,1-2H3,(H2,21,23,25). The fraction of sp³-hybridized carbons (Fsp3) is 0.211. The topological polar surface area (TPSA) is 49.1 Å². The summed E-state index contributed by atoms with van der Waals surface area (Å²) in [4.78, 5) is 3.29. The molecule has 0 aliphatic rings. The third-order valence-electron chi connectivity index (χ3n) is 4.10. The molecular weight excluding hydrogens is 337 g/mol. The van der Waals surface area contributed by atoms with Gasteiger partial charge in [-0.25, -0.2) is 4.39 Å². The Morgan fingerprint density at radius 1 is 1.24 bits per heavy atom. The van der Waals surface area contributed by atoms with Crippen LogP contribution in [0.1, 0.15) is 11.3 Å². The van der Waals surface area contributed by atoms with Crippen LogP contribution in [0.5, 0.6) is 5.75 Å². The van der Waals surface area contributed by atoms with Gasteiger partial charge in [-0.1, -0.05) is 12.1 Å². The molecule has 25 heavy (non-hydrogen) atoms. The molecule has 2 aromatic carbocycles. The molecule has 0 fully saturated rings. The van der Waals surface area contributed by atoms with Crippen molar-refractivity contribution in [3.63, 3.8) is 0 Å². The van der Waals surface area contributed by atoms with E-state index in [2.05, 4.69) is 15.6 Å². The molecule has 3 aromatic rings. The van der Waals surface area contributed by atoms with Gasteiger partial charge in [0.1, 0.15) is 11.6 Å². The molecule has 3 rings (SSSR count). The van der Waals surface area contributed by atoms with E-state index in [1.54, 1.807) is 19.2 Å². The van der Waals surface area contributed by atoms with Gasteiger partial charge in [0.25, 0.3) is 0 Å². The summed E-state index contributed by atoms with van der Waals surface area (Å²) in [6, 6.07) is 12.4. The fourth-order valence-corrected chi connectivity index (χ4v) is 3.10. The van der Waals surface area contributed by atoms with Crippen molar-refractivity contribution in [2.24, 2.45) is 0 Å². The zero-order valence-corrected chi connectivity index (χ0v) is 15.0. The molecule has 1 aromatic heterocycles. The number of fused-ring (bicyclic) bond motifs is 1. The molecule has 130 valence electrons. The second-order valence-corrected chi connectivity index (χ2v) is 6.16. The number of aromatic nitrogens is 1. The Morgan fingerprint density at radius 3 is 2.84 bits per heavy atom. The number of hydrogen-bond donors (Lipinski definition) is 3. The number of nitrogens with one attached hydrogen (secondary N) is 3. The number of methoxy groups -OCH3 is 1. The van der Waals surface area contributed by atoms with E-state index >= 15 is 0 Å². The molecule has 0 atom stereocenters. The summed E-state index contributed by atoms with van der Waals surface area (Å²) in [5.74, 6) is 0.503. The highest BCUT2D eigenvalue weighted by molar-refractivity contribution is 7.80. The van der Waals surface area contributed by atoms with Crippen LogP contribution in [0, 0.1) is 12.7 Å². The van der Waals surface area contributed by atoms with Crippen LogP contribution < -0.4 is 15.4 Å². The summed E-state index contributed by atoms with van der Waals surface area (Å²) < 4.78 is 18.8. The quantitative estimate of drug-likeness (QED) is 0.600. The van der Waals surface area contributed by atoms with E-state index in [-0.39, 0.29) is 5.82 Å². The molecule has 0 saturated carbocycles. The molecule has 0 amide bonds. The Bertz CT molecular complexity index is 907. The number of H-pyrrole nitrogens is 1. The predicted octanol–water partition coefficient (Wildman–Crippen LogP) is 4.15. The minimum atomic E-state index is -0.228. The minimum Gasteiger partial charge on any atom is -0.495 e. The number of thiocarbonyl (C=S) groups is 1. The van der Waals surface area contributed by atoms with E-state index in [0.717, 1.165) is 40.0 Å². The molecule has 0 radical (unpaired) electrons. The molecule has 0 aliphatic heterocycles. The van der Waals surface area contributed by atoms with Crippen molar-refractivity contribution < 1.29 is 9.13 Å². The lowest BCUT2D eigenvalue weighted by Gasteiger charge is -2.13. The van der Waals surface area contributed by atoms with Gasteiger partial charge >= 0.3 is 0 Å². The highest BCUT2D eigenvalue weighted by Crippen LogP contribution is 2.24. The number of benzene rings is 2. The van der Waals surface area contributed by atoms with Crippen LogP contribution >= 0.6 is 12.2 Å². The summed E-state index contributed by atoms with van der Waals surface area (Å²) in [5, 5.41) is 7.76. The van der Waals surface area contributed by atoms with Crippen LogP contribution in [0.4, 0.5) is 10.1 Å². The first-order valence-electron chi connectivity index (χ1n) is 8.03.